The van der Waals surface area contributed by atoms with E-state index in [2.05, 4.69) is 0 Å². The molecule has 4 heteroatoms. The van der Waals surface area contributed by atoms with Crippen molar-refractivity contribution in [3.8, 4) is 5.75 Å². The van der Waals surface area contributed by atoms with Gasteiger partial charge in [0.05, 0.1) is 6.61 Å². The summed E-state index contributed by atoms with van der Waals surface area (Å²) >= 11 is 0. The summed E-state index contributed by atoms with van der Waals surface area (Å²) in [5.74, 6) is -0.794. The van der Waals surface area contributed by atoms with Crippen LogP contribution in [0.25, 0.3) is 0 Å². The number of hydrogen-bond donors (Lipinski definition) is 0. The minimum absolute atomic E-state index is 0.237. The van der Waals surface area contributed by atoms with Crippen molar-refractivity contribution in [1.82, 2.24) is 0 Å². The maximum atomic E-state index is 11.8. The second-order valence-corrected chi connectivity index (χ2v) is 4.05. The highest BCUT2D eigenvalue weighted by Gasteiger charge is 2.39. The van der Waals surface area contributed by atoms with E-state index < -0.39 is 17.4 Å². The van der Waals surface area contributed by atoms with Crippen molar-refractivity contribution in [2.75, 3.05) is 6.61 Å². The Labute approximate surface area is 101 Å². The van der Waals surface area contributed by atoms with Gasteiger partial charge < -0.3 is 9.47 Å². The van der Waals surface area contributed by atoms with Crippen LogP contribution in [0.4, 0.5) is 0 Å². The first kappa shape index (κ1) is 13.2. The molecule has 0 atom stereocenters. The molecule has 0 saturated carbocycles. The summed E-state index contributed by atoms with van der Waals surface area (Å²) < 4.78 is 9.93. The molecule has 0 bridgehead atoms. The van der Waals surface area contributed by atoms with Crippen LogP contribution in [-0.2, 0) is 14.3 Å². The van der Waals surface area contributed by atoms with Crippen molar-refractivity contribution in [3.05, 3.63) is 30.3 Å². The Kier molecular flexibility index (Phi) is 4.26. The predicted octanol–water partition coefficient (Wildman–Crippen LogP) is 2.18. The van der Waals surface area contributed by atoms with Crippen LogP contribution in [0, 0.1) is 5.41 Å². The van der Waals surface area contributed by atoms with Crippen molar-refractivity contribution >= 4 is 11.9 Å². The van der Waals surface area contributed by atoms with E-state index in [1.165, 1.54) is 13.8 Å². The molecule has 0 saturated heterocycles. The first-order valence-corrected chi connectivity index (χ1v) is 5.43. The third-order valence-corrected chi connectivity index (χ3v) is 2.25. The molecule has 0 spiro atoms. The van der Waals surface area contributed by atoms with Gasteiger partial charge in [0.1, 0.15) is 5.75 Å². The normalized spacial score (nSPS) is 10.8. The average Bonchev–Trinajstić information content (AvgIpc) is 2.30. The van der Waals surface area contributed by atoms with Crippen LogP contribution in [0.1, 0.15) is 20.8 Å². The highest BCUT2D eigenvalue weighted by molar-refractivity contribution is 5.99. The lowest BCUT2D eigenvalue weighted by atomic mass is 9.94. The summed E-state index contributed by atoms with van der Waals surface area (Å²) in [7, 11) is 0. The SMILES string of the molecule is CCOC(=O)C(C)(C)C(=O)Oc1ccccc1. The topological polar surface area (TPSA) is 52.6 Å². The molecular weight excluding hydrogens is 220 g/mol. The number of benzene rings is 1. The Bertz CT molecular complexity index is 395. The minimum Gasteiger partial charge on any atom is -0.465 e. The van der Waals surface area contributed by atoms with Gasteiger partial charge in [-0.05, 0) is 32.9 Å². The van der Waals surface area contributed by atoms with Gasteiger partial charge in [0, 0.05) is 0 Å². The summed E-state index contributed by atoms with van der Waals surface area (Å²) in [4.78, 5) is 23.4. The van der Waals surface area contributed by atoms with Crippen LogP contribution in [0.15, 0.2) is 30.3 Å². The summed E-state index contributed by atoms with van der Waals surface area (Å²) in [5, 5.41) is 0. The quantitative estimate of drug-likeness (QED) is 0.457. The molecule has 0 aliphatic carbocycles. The van der Waals surface area contributed by atoms with Crippen molar-refractivity contribution < 1.29 is 19.1 Å². The molecule has 0 unspecified atom stereocenters. The molecule has 1 rings (SSSR count). The van der Waals surface area contributed by atoms with Gasteiger partial charge in [-0.3, -0.25) is 9.59 Å². The summed E-state index contributed by atoms with van der Waals surface area (Å²) in [6, 6.07) is 8.62. The van der Waals surface area contributed by atoms with Gasteiger partial charge in [0.15, 0.2) is 5.41 Å². The highest BCUT2D eigenvalue weighted by Crippen LogP contribution is 2.21. The van der Waals surface area contributed by atoms with E-state index in [-0.39, 0.29) is 6.61 Å². The monoisotopic (exact) mass is 236 g/mol. The maximum Gasteiger partial charge on any atom is 0.328 e. The summed E-state index contributed by atoms with van der Waals surface area (Å²) in [5.41, 5.74) is -1.30. The second kappa shape index (κ2) is 5.48. The molecule has 4 nitrogen and oxygen atoms in total. The van der Waals surface area contributed by atoms with Crippen molar-refractivity contribution in [2.24, 2.45) is 5.41 Å². The van der Waals surface area contributed by atoms with Crippen LogP contribution in [0.3, 0.4) is 0 Å². The average molecular weight is 236 g/mol. The molecule has 0 heterocycles. The van der Waals surface area contributed by atoms with E-state index >= 15 is 0 Å². The lowest BCUT2D eigenvalue weighted by Crippen LogP contribution is -2.38. The van der Waals surface area contributed by atoms with E-state index in [1.807, 2.05) is 6.07 Å². The zero-order valence-electron chi connectivity index (χ0n) is 10.2. The van der Waals surface area contributed by atoms with Gasteiger partial charge in [0.25, 0.3) is 0 Å². The van der Waals surface area contributed by atoms with E-state index in [0.29, 0.717) is 5.75 Å². The lowest BCUT2D eigenvalue weighted by Gasteiger charge is -2.20. The maximum absolute atomic E-state index is 11.8. The Hall–Kier alpha value is -1.84. The molecule has 92 valence electrons. The number of hydrogen-bond acceptors (Lipinski definition) is 4. The fraction of sp³-hybridized carbons (Fsp3) is 0.385. The Morgan fingerprint density at radius 2 is 1.71 bits per heavy atom. The van der Waals surface area contributed by atoms with Crippen LogP contribution in [0.2, 0.25) is 0 Å². The van der Waals surface area contributed by atoms with Gasteiger partial charge in [-0.25, -0.2) is 0 Å². The molecule has 0 aromatic heterocycles. The molecular formula is C13H16O4. The highest BCUT2D eigenvalue weighted by atomic mass is 16.6. The van der Waals surface area contributed by atoms with E-state index in [4.69, 9.17) is 9.47 Å². The number of rotatable bonds is 4. The van der Waals surface area contributed by atoms with Gasteiger partial charge in [-0.15, -0.1) is 0 Å². The number of para-hydroxylation sites is 1. The predicted molar refractivity (Wildman–Crippen MR) is 62.5 cm³/mol. The molecule has 0 aliphatic heterocycles. The molecule has 17 heavy (non-hydrogen) atoms. The zero-order valence-corrected chi connectivity index (χ0v) is 10.2. The van der Waals surface area contributed by atoms with E-state index in [1.54, 1.807) is 31.2 Å². The zero-order chi connectivity index (χ0) is 12.9. The molecule has 0 fully saturated rings. The smallest absolute Gasteiger partial charge is 0.328 e. The first-order valence-electron chi connectivity index (χ1n) is 5.43. The van der Waals surface area contributed by atoms with Gasteiger partial charge >= 0.3 is 11.9 Å². The van der Waals surface area contributed by atoms with Gasteiger partial charge in [-0.2, -0.15) is 0 Å². The molecule has 0 N–H and O–H groups in total. The standard InChI is InChI=1S/C13H16O4/c1-4-16-11(14)13(2,3)12(15)17-10-8-6-5-7-9-10/h5-9H,4H2,1-3H3. The third kappa shape index (κ3) is 3.31. The van der Waals surface area contributed by atoms with Crippen molar-refractivity contribution in [2.45, 2.75) is 20.8 Å². The van der Waals surface area contributed by atoms with E-state index in [0.717, 1.165) is 0 Å². The molecule has 0 amide bonds. The summed E-state index contributed by atoms with van der Waals surface area (Å²) in [6.07, 6.45) is 0. The van der Waals surface area contributed by atoms with Gasteiger partial charge in [0.2, 0.25) is 0 Å². The second-order valence-electron chi connectivity index (χ2n) is 4.05. The molecule has 0 radical (unpaired) electrons. The van der Waals surface area contributed by atoms with Crippen LogP contribution < -0.4 is 4.74 Å². The van der Waals surface area contributed by atoms with E-state index in [9.17, 15) is 9.59 Å². The van der Waals surface area contributed by atoms with Crippen LogP contribution in [0.5, 0.6) is 5.75 Å². The third-order valence-electron chi connectivity index (χ3n) is 2.25. The minimum atomic E-state index is -1.30. The Morgan fingerprint density at radius 1 is 1.12 bits per heavy atom. The fourth-order valence-electron chi connectivity index (χ4n) is 1.12. The molecule has 1 aromatic carbocycles. The lowest BCUT2D eigenvalue weighted by molar-refractivity contribution is -0.164. The van der Waals surface area contributed by atoms with Gasteiger partial charge in [-0.1, -0.05) is 18.2 Å². The number of esters is 2. The molecule has 0 aliphatic rings. The first-order chi connectivity index (χ1) is 7.98. The van der Waals surface area contributed by atoms with Crippen LogP contribution >= 0.6 is 0 Å². The number of ether oxygens (including phenoxy) is 2. The Morgan fingerprint density at radius 3 is 2.24 bits per heavy atom. The molecule has 1 aromatic rings. The van der Waals surface area contributed by atoms with Crippen molar-refractivity contribution in [3.63, 3.8) is 0 Å². The Balaban J connectivity index is 2.73. The largest absolute Gasteiger partial charge is 0.465 e. The number of carbonyl (C=O) groups excluding carboxylic acids is 2. The number of carbonyl (C=O) groups is 2. The fourth-order valence-corrected chi connectivity index (χ4v) is 1.12. The summed E-state index contributed by atoms with van der Waals surface area (Å²) in [6.45, 7) is 4.89. The van der Waals surface area contributed by atoms with Crippen molar-refractivity contribution in [1.29, 1.82) is 0 Å². The van der Waals surface area contributed by atoms with Crippen LogP contribution in [-0.4, -0.2) is 18.5 Å².